The van der Waals surface area contributed by atoms with E-state index in [1.807, 2.05) is 34.7 Å². The molecule has 0 radical (unpaired) electrons. The third-order valence-electron chi connectivity index (χ3n) is 3.48. The van der Waals surface area contributed by atoms with Crippen molar-refractivity contribution in [2.45, 2.75) is 60.0 Å². The number of rotatable bonds is 3. The van der Waals surface area contributed by atoms with Gasteiger partial charge >= 0.3 is 0 Å². The first-order valence-electron chi connectivity index (χ1n) is 7.14. The van der Waals surface area contributed by atoms with Crippen LogP contribution in [0, 0.1) is 5.41 Å². The minimum atomic E-state index is -0.116. The summed E-state index contributed by atoms with van der Waals surface area (Å²) in [5.41, 5.74) is 5.81. The smallest absolute Gasteiger partial charge is 0.267 e. The van der Waals surface area contributed by atoms with Crippen LogP contribution >= 0.6 is 11.3 Å². The van der Waals surface area contributed by atoms with Crippen LogP contribution in [0.5, 0.6) is 0 Å². The fraction of sp³-hybridized carbons (Fsp3) is 0.733. The summed E-state index contributed by atoms with van der Waals surface area (Å²) >= 11 is 1.31. The van der Waals surface area contributed by atoms with Crippen LogP contribution in [0.2, 0.25) is 0 Å². The highest BCUT2D eigenvalue weighted by Crippen LogP contribution is 2.30. The van der Waals surface area contributed by atoms with Gasteiger partial charge in [0.1, 0.15) is 10.7 Å². The van der Waals surface area contributed by atoms with E-state index >= 15 is 0 Å². The molecule has 0 fully saturated rings. The van der Waals surface area contributed by atoms with Gasteiger partial charge in [-0.15, -0.1) is 0 Å². The van der Waals surface area contributed by atoms with Gasteiger partial charge in [-0.25, -0.2) is 4.98 Å². The number of nitrogens with two attached hydrogens (primary N) is 1. The molecule has 0 bridgehead atoms. The third kappa shape index (κ3) is 4.59. The fourth-order valence-corrected chi connectivity index (χ4v) is 2.85. The summed E-state index contributed by atoms with van der Waals surface area (Å²) in [5.74, 6) is 0.221. The van der Waals surface area contributed by atoms with Crippen LogP contribution in [0.4, 0.5) is 10.9 Å². The predicted octanol–water partition coefficient (Wildman–Crippen LogP) is 3.44. The summed E-state index contributed by atoms with van der Waals surface area (Å²) in [6, 6.07) is 0.102. The molecule has 0 saturated carbocycles. The summed E-state index contributed by atoms with van der Waals surface area (Å²) in [4.78, 5) is 19.1. The summed E-state index contributed by atoms with van der Waals surface area (Å²) in [7, 11) is 1.81. The predicted molar refractivity (Wildman–Crippen MR) is 90.9 cm³/mol. The molecule has 0 aliphatic rings. The first-order chi connectivity index (χ1) is 9.33. The highest BCUT2D eigenvalue weighted by Gasteiger charge is 2.30. The zero-order chi connectivity index (χ0) is 16.6. The molecular formula is C15H28N4OS. The molecule has 1 rings (SSSR count). The number of amides is 1. The van der Waals surface area contributed by atoms with E-state index in [1.54, 1.807) is 4.90 Å². The van der Waals surface area contributed by atoms with Gasteiger partial charge in [-0.1, -0.05) is 32.1 Å². The van der Waals surface area contributed by atoms with E-state index in [9.17, 15) is 4.79 Å². The van der Waals surface area contributed by atoms with E-state index in [2.05, 4.69) is 31.1 Å². The second kappa shape index (κ2) is 5.83. The third-order valence-corrected chi connectivity index (χ3v) is 4.46. The first kappa shape index (κ1) is 17.8. The van der Waals surface area contributed by atoms with Crippen LogP contribution < -0.4 is 11.1 Å². The van der Waals surface area contributed by atoms with E-state index < -0.39 is 0 Å². The van der Waals surface area contributed by atoms with Crippen LogP contribution in [-0.4, -0.2) is 34.4 Å². The highest BCUT2D eigenvalue weighted by atomic mass is 32.1. The number of hydrogen-bond donors (Lipinski definition) is 2. The Balaban J connectivity index is 2.98. The molecule has 0 saturated heterocycles. The number of nitrogens with one attached hydrogen (secondary N) is 1. The first-order valence-corrected chi connectivity index (χ1v) is 7.96. The number of nitrogen functional groups attached to an aromatic ring is 1. The molecule has 5 nitrogen and oxygen atoms in total. The molecule has 0 spiro atoms. The Kier molecular flexibility index (Phi) is 4.93. The molecule has 1 heterocycles. The summed E-state index contributed by atoms with van der Waals surface area (Å²) in [6.45, 7) is 14.5. The number of thiazole rings is 1. The Labute approximate surface area is 131 Å². The van der Waals surface area contributed by atoms with Crippen molar-refractivity contribution in [3.63, 3.8) is 0 Å². The molecule has 1 aromatic rings. The molecule has 6 heteroatoms. The van der Waals surface area contributed by atoms with Gasteiger partial charge in [0.15, 0.2) is 5.13 Å². The lowest BCUT2D eigenvalue weighted by molar-refractivity contribution is 0.0635. The number of carbonyl (C=O) groups excluding carboxylic acids is 1. The van der Waals surface area contributed by atoms with Crippen molar-refractivity contribution in [1.29, 1.82) is 0 Å². The topological polar surface area (TPSA) is 71.2 Å². The van der Waals surface area contributed by atoms with Crippen LogP contribution in [-0.2, 0) is 0 Å². The van der Waals surface area contributed by atoms with E-state index in [0.29, 0.717) is 15.8 Å². The Hall–Kier alpha value is -1.30. The lowest BCUT2D eigenvalue weighted by Crippen LogP contribution is -2.42. The Morgan fingerprint density at radius 3 is 2.24 bits per heavy atom. The number of nitrogens with zero attached hydrogens (tertiary/aromatic N) is 2. The largest absolute Gasteiger partial charge is 0.382 e. The normalized spacial score (nSPS) is 13.9. The molecule has 1 atom stereocenters. The van der Waals surface area contributed by atoms with E-state index in [-0.39, 0.29) is 22.9 Å². The van der Waals surface area contributed by atoms with E-state index in [1.165, 1.54) is 11.3 Å². The maximum absolute atomic E-state index is 12.6. The van der Waals surface area contributed by atoms with Crippen LogP contribution in [0.25, 0.3) is 0 Å². The molecule has 0 aliphatic heterocycles. The highest BCUT2D eigenvalue weighted by molar-refractivity contribution is 7.18. The average molecular weight is 312 g/mol. The minimum absolute atomic E-state index is 0.0103. The van der Waals surface area contributed by atoms with Gasteiger partial charge in [0, 0.05) is 18.6 Å². The van der Waals surface area contributed by atoms with Crippen molar-refractivity contribution in [2.75, 3.05) is 18.1 Å². The molecule has 120 valence electrons. The fourth-order valence-electron chi connectivity index (χ4n) is 1.78. The molecular weight excluding hydrogens is 284 g/mol. The maximum Gasteiger partial charge on any atom is 0.267 e. The van der Waals surface area contributed by atoms with Gasteiger partial charge in [0.25, 0.3) is 5.91 Å². The zero-order valence-corrected chi connectivity index (χ0v) is 15.2. The second-order valence-corrected chi connectivity index (χ2v) is 8.57. The monoisotopic (exact) mass is 312 g/mol. The molecule has 1 aromatic heterocycles. The lowest BCUT2D eigenvalue weighted by Gasteiger charge is -2.35. The number of anilines is 2. The molecule has 1 unspecified atom stereocenters. The Bertz CT molecular complexity index is 511. The van der Waals surface area contributed by atoms with Crippen molar-refractivity contribution in [3.8, 4) is 0 Å². The summed E-state index contributed by atoms with van der Waals surface area (Å²) in [6.07, 6.45) is 0. The molecule has 3 N–H and O–H groups in total. The minimum Gasteiger partial charge on any atom is -0.382 e. The van der Waals surface area contributed by atoms with Gasteiger partial charge in [-0.05, 0) is 33.1 Å². The maximum atomic E-state index is 12.6. The molecule has 21 heavy (non-hydrogen) atoms. The van der Waals surface area contributed by atoms with Crippen molar-refractivity contribution < 1.29 is 4.79 Å². The van der Waals surface area contributed by atoms with Crippen molar-refractivity contribution >= 4 is 28.2 Å². The van der Waals surface area contributed by atoms with Gasteiger partial charge < -0.3 is 16.0 Å². The second-order valence-electron chi connectivity index (χ2n) is 7.57. The average Bonchev–Trinajstić information content (AvgIpc) is 2.63. The summed E-state index contributed by atoms with van der Waals surface area (Å²) < 4.78 is 0. The Morgan fingerprint density at radius 2 is 1.81 bits per heavy atom. The number of aromatic nitrogens is 1. The van der Waals surface area contributed by atoms with Crippen molar-refractivity contribution in [3.05, 3.63) is 4.88 Å². The summed E-state index contributed by atoms with van der Waals surface area (Å²) in [5, 5.41) is 3.93. The molecule has 1 amide bonds. The van der Waals surface area contributed by atoms with Gasteiger partial charge in [-0.3, -0.25) is 4.79 Å². The molecule has 0 aromatic carbocycles. The van der Waals surface area contributed by atoms with Crippen molar-refractivity contribution in [2.24, 2.45) is 5.41 Å². The Morgan fingerprint density at radius 1 is 1.29 bits per heavy atom. The standard InChI is InChI=1S/C15H28N4OS/c1-9(14(2,3)4)19(8)12(20)10-11(16)17-13(21-10)18-15(5,6)7/h9H,16H2,1-8H3,(H,17,18). The van der Waals surface area contributed by atoms with Crippen LogP contribution in [0.1, 0.15) is 58.1 Å². The van der Waals surface area contributed by atoms with Crippen molar-refractivity contribution in [1.82, 2.24) is 9.88 Å². The van der Waals surface area contributed by atoms with Gasteiger partial charge in [0.05, 0.1) is 0 Å². The SMILES string of the molecule is CC(N(C)C(=O)c1sc(NC(C)(C)C)nc1N)C(C)(C)C. The van der Waals surface area contributed by atoms with Gasteiger partial charge in [-0.2, -0.15) is 0 Å². The zero-order valence-electron chi connectivity index (χ0n) is 14.4. The van der Waals surface area contributed by atoms with Gasteiger partial charge in [0.2, 0.25) is 0 Å². The van der Waals surface area contributed by atoms with Crippen LogP contribution in [0.15, 0.2) is 0 Å². The van der Waals surface area contributed by atoms with E-state index in [0.717, 1.165) is 0 Å². The number of hydrogen-bond acceptors (Lipinski definition) is 5. The quantitative estimate of drug-likeness (QED) is 0.897. The number of carbonyl (C=O) groups is 1. The lowest BCUT2D eigenvalue weighted by atomic mass is 9.87. The van der Waals surface area contributed by atoms with E-state index in [4.69, 9.17) is 5.73 Å². The molecule has 0 aliphatic carbocycles. The van der Waals surface area contributed by atoms with Crippen LogP contribution in [0.3, 0.4) is 0 Å².